The van der Waals surface area contributed by atoms with Crippen LogP contribution in [0.2, 0.25) is 10.0 Å². The molecule has 0 saturated carbocycles. The maximum absolute atomic E-state index is 13.0. The zero-order chi connectivity index (χ0) is 25.4. The summed E-state index contributed by atoms with van der Waals surface area (Å²) in [6.07, 6.45) is -2.76. The molecule has 2 aromatic carbocycles. The third-order valence-corrected chi connectivity index (χ3v) is 5.26. The van der Waals surface area contributed by atoms with Crippen molar-refractivity contribution in [2.24, 2.45) is 0 Å². The largest absolute Gasteiger partial charge is 0.478 e. The van der Waals surface area contributed by atoms with Gasteiger partial charge in [-0.05, 0) is 36.4 Å². The number of nitrogens with one attached hydrogen (secondary N) is 1. The Labute approximate surface area is 209 Å². The lowest BCUT2D eigenvalue weighted by Crippen LogP contribution is -2.50. The summed E-state index contributed by atoms with van der Waals surface area (Å²) in [6, 6.07) is 16.6. The lowest BCUT2D eigenvalue weighted by Gasteiger charge is -2.23. The molecule has 11 heteroatoms. The van der Waals surface area contributed by atoms with Crippen molar-refractivity contribution in [3.05, 3.63) is 99.8 Å². The first-order valence-corrected chi connectivity index (χ1v) is 10.8. The molecule has 2 atom stereocenters. The number of esters is 2. The summed E-state index contributed by atoms with van der Waals surface area (Å²) in [6.45, 7) is -0.107. The van der Waals surface area contributed by atoms with E-state index in [9.17, 15) is 24.3 Å². The summed E-state index contributed by atoms with van der Waals surface area (Å²) in [7, 11) is 0. The van der Waals surface area contributed by atoms with Gasteiger partial charge in [0, 0.05) is 6.20 Å². The molecule has 0 bridgehead atoms. The third-order valence-electron chi connectivity index (χ3n) is 4.60. The number of benzene rings is 2. The summed E-state index contributed by atoms with van der Waals surface area (Å²) in [5, 5.41) is 12.2. The van der Waals surface area contributed by atoms with Gasteiger partial charge in [0.15, 0.2) is 0 Å². The highest BCUT2D eigenvalue weighted by atomic mass is 35.5. The van der Waals surface area contributed by atoms with Crippen LogP contribution in [0.15, 0.2) is 72.9 Å². The van der Waals surface area contributed by atoms with Crippen LogP contribution < -0.4 is 5.32 Å². The number of amides is 1. The first-order valence-electron chi connectivity index (χ1n) is 10.1. The Bertz CT molecular complexity index is 1240. The van der Waals surface area contributed by atoms with Crippen LogP contribution in [0.5, 0.6) is 0 Å². The number of halogens is 2. The number of aliphatic carboxylic acids is 1. The van der Waals surface area contributed by atoms with E-state index in [0.717, 1.165) is 0 Å². The highest BCUT2D eigenvalue weighted by Crippen LogP contribution is 2.21. The zero-order valence-electron chi connectivity index (χ0n) is 17.9. The van der Waals surface area contributed by atoms with E-state index >= 15 is 0 Å². The number of rotatable bonds is 9. The quantitative estimate of drug-likeness (QED) is 0.412. The van der Waals surface area contributed by atoms with Crippen molar-refractivity contribution in [3.63, 3.8) is 0 Å². The minimum atomic E-state index is -2.20. The molecular weight excluding hydrogens is 499 g/mol. The van der Waals surface area contributed by atoms with Gasteiger partial charge in [-0.3, -0.25) is 9.78 Å². The summed E-state index contributed by atoms with van der Waals surface area (Å²) in [5.41, 5.74) is 0.209. The molecule has 0 radical (unpaired) electrons. The number of ether oxygens (including phenoxy) is 2. The van der Waals surface area contributed by atoms with Gasteiger partial charge < -0.3 is 19.9 Å². The van der Waals surface area contributed by atoms with Crippen LogP contribution in [0.1, 0.15) is 26.4 Å². The van der Waals surface area contributed by atoms with Crippen LogP contribution in [-0.2, 0) is 25.6 Å². The van der Waals surface area contributed by atoms with Crippen LogP contribution in [0.3, 0.4) is 0 Å². The molecule has 3 rings (SSSR count). The van der Waals surface area contributed by atoms with E-state index < -0.39 is 36.0 Å². The zero-order valence-corrected chi connectivity index (χ0v) is 19.4. The minimum Gasteiger partial charge on any atom is -0.478 e. The number of carboxylic acids is 1. The number of hydrogen-bond acceptors (Lipinski definition) is 7. The molecular formula is C24H18Cl2N2O7. The van der Waals surface area contributed by atoms with Gasteiger partial charge in [-0.25, -0.2) is 14.4 Å². The number of pyridine rings is 1. The van der Waals surface area contributed by atoms with Crippen LogP contribution in [0.25, 0.3) is 0 Å². The fourth-order valence-corrected chi connectivity index (χ4v) is 3.31. The fourth-order valence-electron chi connectivity index (χ4n) is 2.89. The molecule has 0 aliphatic rings. The molecule has 180 valence electrons. The highest BCUT2D eigenvalue weighted by molar-refractivity contribution is 6.34. The topological polar surface area (TPSA) is 132 Å². The molecule has 35 heavy (non-hydrogen) atoms. The number of carboxylic acid groups (broad SMARTS) is 1. The van der Waals surface area contributed by atoms with Crippen LogP contribution in [0.4, 0.5) is 0 Å². The maximum Gasteiger partial charge on any atom is 0.349 e. The lowest BCUT2D eigenvalue weighted by molar-refractivity contribution is -0.159. The Kier molecular flexibility index (Phi) is 8.77. The number of aromatic nitrogens is 1. The van der Waals surface area contributed by atoms with Crippen LogP contribution in [-0.4, -0.2) is 46.1 Å². The summed E-state index contributed by atoms with van der Waals surface area (Å²) in [4.78, 5) is 54.4. The van der Waals surface area contributed by atoms with Gasteiger partial charge in [0.25, 0.3) is 5.91 Å². The van der Waals surface area contributed by atoms with Crippen LogP contribution in [0, 0.1) is 0 Å². The van der Waals surface area contributed by atoms with Gasteiger partial charge in [0.2, 0.25) is 12.2 Å². The van der Waals surface area contributed by atoms with Gasteiger partial charge >= 0.3 is 17.9 Å². The van der Waals surface area contributed by atoms with E-state index in [-0.39, 0.29) is 27.7 Å². The Morgan fingerprint density at radius 2 is 1.31 bits per heavy atom. The number of carbonyl (C=O) groups is 4. The smallest absolute Gasteiger partial charge is 0.349 e. The summed E-state index contributed by atoms with van der Waals surface area (Å²) in [5.74, 6) is -4.97. The van der Waals surface area contributed by atoms with E-state index in [2.05, 4.69) is 10.3 Å². The molecule has 2 N–H and O–H groups in total. The van der Waals surface area contributed by atoms with E-state index in [0.29, 0.717) is 5.69 Å². The van der Waals surface area contributed by atoms with E-state index in [1.165, 1.54) is 42.6 Å². The molecule has 1 amide bonds. The molecule has 1 heterocycles. The average Bonchev–Trinajstić information content (AvgIpc) is 2.85. The Morgan fingerprint density at radius 3 is 1.80 bits per heavy atom. The average molecular weight is 517 g/mol. The second kappa shape index (κ2) is 12.0. The van der Waals surface area contributed by atoms with Crippen molar-refractivity contribution in [3.8, 4) is 0 Å². The number of nitrogens with zero attached hydrogens (tertiary/aromatic N) is 1. The Morgan fingerprint density at radius 1 is 0.800 bits per heavy atom. The SMILES string of the molecule is O=C(O[C@@H](C(=O)O)[C@@H](OC(=O)c1ccccc1Cl)C(=O)NCc1ccccn1)c1ccccc1Cl. The second-order valence-electron chi connectivity index (χ2n) is 6.99. The molecule has 0 spiro atoms. The third kappa shape index (κ3) is 6.78. The first-order chi connectivity index (χ1) is 16.8. The summed E-state index contributed by atoms with van der Waals surface area (Å²) < 4.78 is 10.3. The van der Waals surface area contributed by atoms with Crippen LogP contribution >= 0.6 is 23.2 Å². The van der Waals surface area contributed by atoms with Gasteiger partial charge in [0.05, 0.1) is 33.4 Å². The molecule has 9 nitrogen and oxygen atoms in total. The predicted molar refractivity (Wildman–Crippen MR) is 125 cm³/mol. The van der Waals surface area contributed by atoms with Crippen molar-refractivity contribution in [2.75, 3.05) is 0 Å². The van der Waals surface area contributed by atoms with Gasteiger partial charge in [-0.2, -0.15) is 0 Å². The molecule has 0 unspecified atom stereocenters. The standard InChI is InChI=1S/C24H18Cl2N2O7/c25-17-10-3-1-8-15(17)23(32)34-19(21(29)28-13-14-7-5-6-12-27-14)20(22(30)31)35-24(33)16-9-2-4-11-18(16)26/h1-12,19-20H,13H2,(H,28,29)(H,30,31)/t19-,20-/m1/s1. The normalized spacial score (nSPS) is 12.2. The van der Waals surface area contributed by atoms with Crippen molar-refractivity contribution in [2.45, 2.75) is 18.8 Å². The van der Waals surface area contributed by atoms with E-state index in [1.54, 1.807) is 30.3 Å². The number of carbonyl (C=O) groups excluding carboxylic acids is 3. The van der Waals surface area contributed by atoms with Crippen molar-refractivity contribution in [1.82, 2.24) is 10.3 Å². The van der Waals surface area contributed by atoms with Gasteiger partial charge in [-0.15, -0.1) is 0 Å². The minimum absolute atomic E-state index is 0.00542. The van der Waals surface area contributed by atoms with Gasteiger partial charge in [0.1, 0.15) is 0 Å². The molecule has 0 fully saturated rings. The summed E-state index contributed by atoms with van der Waals surface area (Å²) >= 11 is 12.0. The molecule has 0 aliphatic carbocycles. The predicted octanol–water partition coefficient (Wildman–Crippen LogP) is 3.54. The molecule has 0 saturated heterocycles. The Hall–Kier alpha value is -3.95. The number of hydrogen-bond donors (Lipinski definition) is 2. The monoisotopic (exact) mass is 516 g/mol. The van der Waals surface area contributed by atoms with Gasteiger partial charge in [-0.1, -0.05) is 53.5 Å². The lowest BCUT2D eigenvalue weighted by atomic mass is 10.1. The Balaban J connectivity index is 1.88. The van der Waals surface area contributed by atoms with Crippen molar-refractivity contribution >= 4 is 47.0 Å². The molecule has 0 aliphatic heterocycles. The highest BCUT2D eigenvalue weighted by Gasteiger charge is 2.41. The second-order valence-corrected chi connectivity index (χ2v) is 7.80. The fraction of sp³-hybridized carbons (Fsp3) is 0.125. The molecule has 1 aromatic heterocycles. The van der Waals surface area contributed by atoms with Crippen molar-refractivity contribution < 1.29 is 33.8 Å². The maximum atomic E-state index is 13.0. The first kappa shape index (κ1) is 25.7. The van der Waals surface area contributed by atoms with E-state index in [4.69, 9.17) is 32.7 Å². The molecule has 3 aromatic rings. The van der Waals surface area contributed by atoms with Crippen molar-refractivity contribution in [1.29, 1.82) is 0 Å². The van der Waals surface area contributed by atoms with E-state index in [1.807, 2.05) is 0 Å².